The fourth-order valence-electron chi connectivity index (χ4n) is 3.42. The van der Waals surface area contributed by atoms with Gasteiger partial charge in [0.2, 0.25) is 0 Å². The van der Waals surface area contributed by atoms with Gasteiger partial charge in [0, 0.05) is 44.2 Å². The maximum absolute atomic E-state index is 9.70. The van der Waals surface area contributed by atoms with Crippen molar-refractivity contribution in [2.24, 2.45) is 5.41 Å². The van der Waals surface area contributed by atoms with Gasteiger partial charge in [0.15, 0.2) is 0 Å². The van der Waals surface area contributed by atoms with E-state index in [2.05, 4.69) is 23.6 Å². The monoisotopic (exact) mass is 270 g/mol. The maximum Gasteiger partial charge on any atom is 0.0594 e. The lowest BCUT2D eigenvalue weighted by Gasteiger charge is -2.35. The predicted molar refractivity (Wildman–Crippen MR) is 77.3 cm³/mol. The van der Waals surface area contributed by atoms with Gasteiger partial charge in [0.05, 0.1) is 13.2 Å². The number of hydrogen-bond donors (Lipinski definition) is 1. The SMILES string of the molecule is CCC(CC)(CO)CN1CCC(N2CCOCC2)C1. The lowest BCUT2D eigenvalue weighted by atomic mass is 9.83. The third-order valence-corrected chi connectivity index (χ3v) is 5.20. The van der Waals surface area contributed by atoms with Crippen LogP contribution in [0.15, 0.2) is 0 Å². The van der Waals surface area contributed by atoms with Crippen LogP contribution in [-0.4, -0.2) is 73.5 Å². The Morgan fingerprint density at radius 3 is 2.42 bits per heavy atom. The molecule has 0 saturated carbocycles. The smallest absolute Gasteiger partial charge is 0.0594 e. The summed E-state index contributed by atoms with van der Waals surface area (Å²) in [4.78, 5) is 5.14. The Hall–Kier alpha value is -0.160. The van der Waals surface area contributed by atoms with E-state index in [0.29, 0.717) is 12.6 Å². The van der Waals surface area contributed by atoms with E-state index in [1.165, 1.54) is 19.5 Å². The lowest BCUT2D eigenvalue weighted by molar-refractivity contribution is 0.0160. The number of likely N-dealkylation sites (tertiary alicyclic amines) is 1. The van der Waals surface area contributed by atoms with Crippen LogP contribution in [0.25, 0.3) is 0 Å². The van der Waals surface area contributed by atoms with Gasteiger partial charge >= 0.3 is 0 Å². The predicted octanol–water partition coefficient (Wildman–Crippen LogP) is 1.19. The van der Waals surface area contributed by atoms with Crippen LogP contribution in [0.5, 0.6) is 0 Å². The van der Waals surface area contributed by atoms with Crippen molar-refractivity contribution in [3.63, 3.8) is 0 Å². The van der Waals surface area contributed by atoms with Crippen molar-refractivity contribution in [2.45, 2.75) is 39.2 Å². The van der Waals surface area contributed by atoms with Crippen molar-refractivity contribution in [2.75, 3.05) is 52.5 Å². The molecule has 0 aliphatic carbocycles. The van der Waals surface area contributed by atoms with Crippen molar-refractivity contribution < 1.29 is 9.84 Å². The van der Waals surface area contributed by atoms with Crippen molar-refractivity contribution in [1.29, 1.82) is 0 Å². The number of nitrogens with zero attached hydrogens (tertiary/aromatic N) is 2. The molecule has 2 rings (SSSR count). The van der Waals surface area contributed by atoms with Crippen LogP contribution in [-0.2, 0) is 4.74 Å². The van der Waals surface area contributed by atoms with Crippen LogP contribution in [0.2, 0.25) is 0 Å². The third kappa shape index (κ3) is 3.69. The second-order valence-electron chi connectivity index (χ2n) is 6.19. The molecule has 1 unspecified atom stereocenters. The largest absolute Gasteiger partial charge is 0.396 e. The van der Waals surface area contributed by atoms with E-state index in [0.717, 1.165) is 45.7 Å². The average Bonchev–Trinajstić information content (AvgIpc) is 2.94. The molecule has 4 heteroatoms. The molecule has 2 aliphatic rings. The molecule has 0 spiro atoms. The van der Waals surface area contributed by atoms with Gasteiger partial charge in [-0.15, -0.1) is 0 Å². The van der Waals surface area contributed by atoms with Gasteiger partial charge in [0.1, 0.15) is 0 Å². The van der Waals surface area contributed by atoms with Crippen molar-refractivity contribution in [3.8, 4) is 0 Å². The first-order valence-electron chi connectivity index (χ1n) is 7.88. The summed E-state index contributed by atoms with van der Waals surface area (Å²) in [5.41, 5.74) is 0.111. The van der Waals surface area contributed by atoms with Gasteiger partial charge in [-0.1, -0.05) is 13.8 Å². The maximum atomic E-state index is 9.70. The molecule has 2 saturated heterocycles. The number of ether oxygens (including phenoxy) is 1. The summed E-state index contributed by atoms with van der Waals surface area (Å²) in [5.74, 6) is 0. The molecule has 2 fully saturated rings. The number of aliphatic hydroxyl groups excluding tert-OH is 1. The molecule has 1 N–H and O–H groups in total. The Labute approximate surface area is 117 Å². The highest BCUT2D eigenvalue weighted by atomic mass is 16.5. The van der Waals surface area contributed by atoms with Crippen LogP contribution in [0.3, 0.4) is 0 Å². The molecule has 0 aromatic heterocycles. The first-order valence-corrected chi connectivity index (χ1v) is 7.88. The van der Waals surface area contributed by atoms with Crippen LogP contribution in [0.4, 0.5) is 0 Å². The Morgan fingerprint density at radius 1 is 1.16 bits per heavy atom. The zero-order chi connectivity index (χ0) is 13.7. The van der Waals surface area contributed by atoms with Gasteiger partial charge in [-0.25, -0.2) is 0 Å². The fraction of sp³-hybridized carbons (Fsp3) is 1.00. The number of morpholine rings is 1. The zero-order valence-electron chi connectivity index (χ0n) is 12.6. The molecule has 4 nitrogen and oxygen atoms in total. The number of aliphatic hydroxyl groups is 1. The Morgan fingerprint density at radius 2 is 1.84 bits per heavy atom. The van der Waals surface area contributed by atoms with Gasteiger partial charge in [0.25, 0.3) is 0 Å². The van der Waals surface area contributed by atoms with Crippen LogP contribution < -0.4 is 0 Å². The Balaban J connectivity index is 1.83. The highest BCUT2D eigenvalue weighted by Gasteiger charge is 2.34. The van der Waals surface area contributed by atoms with Gasteiger partial charge < -0.3 is 14.7 Å². The molecule has 19 heavy (non-hydrogen) atoms. The lowest BCUT2D eigenvalue weighted by Crippen LogP contribution is -2.45. The second-order valence-corrected chi connectivity index (χ2v) is 6.19. The van der Waals surface area contributed by atoms with E-state index < -0.39 is 0 Å². The second kappa shape index (κ2) is 7.02. The van der Waals surface area contributed by atoms with Crippen LogP contribution >= 0.6 is 0 Å². The Bertz CT molecular complexity index is 255. The first kappa shape index (κ1) is 15.2. The molecule has 0 bridgehead atoms. The fourth-order valence-corrected chi connectivity index (χ4v) is 3.42. The molecule has 112 valence electrons. The van der Waals surface area contributed by atoms with E-state index in [1.54, 1.807) is 0 Å². The minimum atomic E-state index is 0.111. The van der Waals surface area contributed by atoms with E-state index in [9.17, 15) is 5.11 Å². The molecular formula is C15H30N2O2. The van der Waals surface area contributed by atoms with Crippen LogP contribution in [0.1, 0.15) is 33.1 Å². The normalized spacial score (nSPS) is 27.0. The minimum absolute atomic E-state index is 0.111. The topological polar surface area (TPSA) is 35.9 Å². The summed E-state index contributed by atoms with van der Waals surface area (Å²) < 4.78 is 5.43. The molecule has 2 heterocycles. The Kier molecular flexibility index (Phi) is 5.63. The standard InChI is InChI=1S/C15H30N2O2/c1-3-15(4-2,13-18)12-16-6-5-14(11-16)17-7-9-19-10-8-17/h14,18H,3-13H2,1-2H3. The van der Waals surface area contributed by atoms with E-state index in [1.807, 2.05) is 0 Å². The summed E-state index contributed by atoms with van der Waals surface area (Å²) in [6.07, 6.45) is 3.41. The highest BCUT2D eigenvalue weighted by Crippen LogP contribution is 2.29. The quantitative estimate of drug-likeness (QED) is 0.786. The van der Waals surface area contributed by atoms with Crippen molar-refractivity contribution in [3.05, 3.63) is 0 Å². The summed E-state index contributed by atoms with van der Waals surface area (Å²) in [7, 11) is 0. The molecule has 0 amide bonds. The van der Waals surface area contributed by atoms with Crippen molar-refractivity contribution >= 4 is 0 Å². The highest BCUT2D eigenvalue weighted by molar-refractivity contribution is 4.88. The summed E-state index contributed by atoms with van der Waals surface area (Å²) in [6.45, 7) is 12.1. The third-order valence-electron chi connectivity index (χ3n) is 5.20. The molecule has 0 radical (unpaired) electrons. The summed E-state index contributed by atoms with van der Waals surface area (Å²) in [5, 5.41) is 9.70. The molecule has 0 aromatic carbocycles. The summed E-state index contributed by atoms with van der Waals surface area (Å²) in [6, 6.07) is 0.703. The van der Waals surface area contributed by atoms with E-state index >= 15 is 0 Å². The minimum Gasteiger partial charge on any atom is -0.396 e. The van der Waals surface area contributed by atoms with E-state index in [-0.39, 0.29) is 5.41 Å². The molecule has 0 aromatic rings. The first-order chi connectivity index (χ1) is 9.23. The molecular weight excluding hydrogens is 240 g/mol. The zero-order valence-corrected chi connectivity index (χ0v) is 12.6. The average molecular weight is 270 g/mol. The van der Waals surface area contributed by atoms with Gasteiger partial charge in [-0.2, -0.15) is 0 Å². The van der Waals surface area contributed by atoms with Crippen LogP contribution in [0, 0.1) is 5.41 Å². The molecule has 2 aliphatic heterocycles. The number of rotatable bonds is 6. The number of hydrogen-bond acceptors (Lipinski definition) is 4. The van der Waals surface area contributed by atoms with Gasteiger partial charge in [-0.05, 0) is 25.8 Å². The van der Waals surface area contributed by atoms with Crippen molar-refractivity contribution in [1.82, 2.24) is 9.80 Å². The van der Waals surface area contributed by atoms with Gasteiger partial charge in [-0.3, -0.25) is 4.90 Å². The summed E-state index contributed by atoms with van der Waals surface area (Å²) >= 11 is 0. The van der Waals surface area contributed by atoms with E-state index in [4.69, 9.17) is 4.74 Å². The molecule has 1 atom stereocenters.